The van der Waals surface area contributed by atoms with Crippen molar-refractivity contribution in [1.29, 1.82) is 5.26 Å². The number of pyridine rings is 2. The summed E-state index contributed by atoms with van der Waals surface area (Å²) in [6.07, 6.45) is -1.04. The Balaban J connectivity index is 1.75. The molecule has 1 aliphatic rings. The molecule has 0 amide bonds. The van der Waals surface area contributed by atoms with Crippen molar-refractivity contribution in [1.82, 2.24) is 20.3 Å². The highest BCUT2D eigenvalue weighted by Gasteiger charge is 2.36. The number of piperidine rings is 1. The van der Waals surface area contributed by atoms with E-state index < -0.39 is 23.2 Å². The monoisotopic (exact) mass is 521 g/mol. The number of hydrogen-bond donors (Lipinski definition) is 3. The highest BCUT2D eigenvalue weighted by molar-refractivity contribution is 5.77. The Morgan fingerprint density at radius 2 is 1.97 bits per heavy atom. The van der Waals surface area contributed by atoms with E-state index in [-0.39, 0.29) is 29.2 Å². The Kier molecular flexibility index (Phi) is 8.84. The Morgan fingerprint density at radius 3 is 2.54 bits per heavy atom. The fourth-order valence-electron chi connectivity index (χ4n) is 4.39. The van der Waals surface area contributed by atoms with Crippen LogP contribution in [0.4, 0.5) is 24.5 Å². The normalized spacial score (nSPS) is 15.4. The van der Waals surface area contributed by atoms with Gasteiger partial charge in [0, 0.05) is 32.4 Å². The van der Waals surface area contributed by atoms with Crippen molar-refractivity contribution < 1.29 is 23.0 Å². The van der Waals surface area contributed by atoms with Gasteiger partial charge in [-0.2, -0.15) is 18.4 Å². The lowest BCUT2D eigenvalue weighted by atomic mass is 9.93. The second-order valence-corrected chi connectivity index (χ2v) is 9.93. The number of nitrogens with two attached hydrogens (primary N) is 1. The van der Waals surface area contributed by atoms with Crippen LogP contribution in [0, 0.1) is 17.2 Å². The molecule has 1 aliphatic heterocycles. The van der Waals surface area contributed by atoms with Crippen LogP contribution >= 0.6 is 0 Å². The number of aromatic nitrogens is 2. The van der Waals surface area contributed by atoms with Crippen LogP contribution in [0.15, 0.2) is 18.3 Å². The molecule has 0 spiro atoms. The van der Waals surface area contributed by atoms with Gasteiger partial charge in [-0.1, -0.05) is 0 Å². The van der Waals surface area contributed by atoms with Crippen molar-refractivity contribution >= 4 is 11.4 Å². The van der Waals surface area contributed by atoms with Crippen LogP contribution in [0.25, 0.3) is 11.3 Å². The summed E-state index contributed by atoms with van der Waals surface area (Å²) in [5.41, 5.74) is 7.69. The maximum atomic E-state index is 13.9. The first kappa shape index (κ1) is 28.4. The Bertz CT molecular complexity index is 1120. The zero-order valence-electron chi connectivity index (χ0n) is 21.6. The number of ether oxygens (including phenoxy) is 1. The van der Waals surface area contributed by atoms with Crippen molar-refractivity contribution in [3.63, 3.8) is 0 Å². The second kappa shape index (κ2) is 11.5. The second-order valence-electron chi connectivity index (χ2n) is 9.93. The third-order valence-electron chi connectivity index (χ3n) is 6.37. The number of anilines is 2. The molecule has 0 atom stereocenters. The van der Waals surface area contributed by atoms with E-state index >= 15 is 0 Å². The molecule has 3 heterocycles. The number of nitrogens with zero attached hydrogens (tertiary/aromatic N) is 5. The van der Waals surface area contributed by atoms with Crippen LogP contribution in [-0.4, -0.2) is 65.9 Å². The molecule has 1 fully saturated rings. The number of nitrogen functional groups attached to an aromatic ring is 1. The van der Waals surface area contributed by atoms with Crippen LogP contribution in [0.5, 0.6) is 5.88 Å². The third kappa shape index (κ3) is 7.44. The predicted molar refractivity (Wildman–Crippen MR) is 135 cm³/mol. The molecule has 0 aromatic carbocycles. The molecule has 3 rings (SSSR count). The summed E-state index contributed by atoms with van der Waals surface area (Å²) >= 11 is 0. The molecular formula is C25H34F3N7O2. The van der Waals surface area contributed by atoms with E-state index in [0.717, 1.165) is 32.0 Å². The van der Waals surface area contributed by atoms with Gasteiger partial charge >= 0.3 is 6.18 Å². The van der Waals surface area contributed by atoms with Crippen LogP contribution in [-0.2, 0) is 6.18 Å². The number of nitriles is 1. The summed E-state index contributed by atoms with van der Waals surface area (Å²) in [4.78, 5) is 10.3. The lowest BCUT2D eigenvalue weighted by molar-refractivity contribution is -0.139. The molecule has 4 N–H and O–H groups in total. The predicted octanol–water partition coefficient (Wildman–Crippen LogP) is 3.44. The van der Waals surface area contributed by atoms with E-state index in [1.165, 1.54) is 17.3 Å². The van der Waals surface area contributed by atoms with Crippen LogP contribution in [0.2, 0.25) is 0 Å². The molecule has 1 saturated heterocycles. The summed E-state index contributed by atoms with van der Waals surface area (Å²) in [5, 5.41) is 20.9. The van der Waals surface area contributed by atoms with Gasteiger partial charge in [-0.05, 0) is 64.3 Å². The largest absolute Gasteiger partial charge is 0.477 e. The van der Waals surface area contributed by atoms with Gasteiger partial charge < -0.3 is 25.5 Å². The minimum Gasteiger partial charge on any atom is -0.477 e. The summed E-state index contributed by atoms with van der Waals surface area (Å²) in [7, 11) is 3.30. The lowest BCUT2D eigenvalue weighted by Gasteiger charge is -2.35. The molecule has 37 heavy (non-hydrogen) atoms. The molecule has 0 radical (unpaired) electrons. The topological polar surface area (TPSA) is 124 Å². The van der Waals surface area contributed by atoms with Gasteiger partial charge in [0.2, 0.25) is 5.88 Å². The molecule has 2 aromatic heterocycles. The summed E-state index contributed by atoms with van der Waals surface area (Å²) in [6.45, 7) is 5.91. The number of β-amino-alcohol motifs (C(OH)–C–C–N with tert-alkyl or cyclic N) is 1. The van der Waals surface area contributed by atoms with Crippen molar-refractivity contribution in [3.05, 3.63) is 29.6 Å². The maximum absolute atomic E-state index is 13.9. The van der Waals surface area contributed by atoms with Crippen molar-refractivity contribution in [3.8, 4) is 23.2 Å². The van der Waals surface area contributed by atoms with Crippen LogP contribution in [0.3, 0.4) is 0 Å². The number of halogens is 3. The van der Waals surface area contributed by atoms with E-state index in [2.05, 4.69) is 20.3 Å². The molecule has 0 bridgehead atoms. The minimum absolute atomic E-state index is 0.0844. The number of nitrogens with one attached hydrogen (secondary N) is 1. The van der Waals surface area contributed by atoms with Gasteiger partial charge in [-0.15, -0.1) is 0 Å². The highest BCUT2D eigenvalue weighted by Crippen LogP contribution is 2.38. The molecule has 0 saturated carbocycles. The number of hydrogen-bond acceptors (Lipinski definition) is 9. The number of aliphatic hydroxyl groups is 1. The van der Waals surface area contributed by atoms with Crippen molar-refractivity contribution in [2.24, 2.45) is 5.92 Å². The fourth-order valence-corrected chi connectivity index (χ4v) is 4.39. The van der Waals surface area contributed by atoms with E-state index in [0.29, 0.717) is 24.6 Å². The number of hydrazine groups is 1. The fraction of sp³-hybridized carbons (Fsp3) is 0.560. The highest BCUT2D eigenvalue weighted by atomic mass is 19.4. The molecule has 9 nitrogen and oxygen atoms in total. The van der Waals surface area contributed by atoms with Gasteiger partial charge in [0.1, 0.15) is 11.6 Å². The molecule has 0 aliphatic carbocycles. The third-order valence-corrected chi connectivity index (χ3v) is 6.37. The van der Waals surface area contributed by atoms with Gasteiger partial charge in [-0.25, -0.2) is 15.4 Å². The van der Waals surface area contributed by atoms with Crippen LogP contribution < -0.4 is 20.9 Å². The first-order valence-electron chi connectivity index (χ1n) is 12.1. The van der Waals surface area contributed by atoms with E-state index in [4.69, 9.17) is 10.5 Å². The van der Waals surface area contributed by atoms with Gasteiger partial charge in [0.25, 0.3) is 0 Å². The van der Waals surface area contributed by atoms with Gasteiger partial charge in [-0.3, -0.25) is 0 Å². The first-order chi connectivity index (χ1) is 17.3. The Labute approximate surface area is 215 Å². The summed E-state index contributed by atoms with van der Waals surface area (Å²) < 4.78 is 47.3. The standard InChI is InChI=1S/C25H34F3N7O2/c1-24(2,36)15-35-8-5-16(6-9-35)7-10-37-23-18(25(26,27)28)11-17(14-32-23)19-12-21(34(4)31-3)22(30)20(13-29)33-19/h11-12,14,16,31,36H,5-10,15,30H2,1-4H3. The Morgan fingerprint density at radius 1 is 1.30 bits per heavy atom. The average Bonchev–Trinajstić information content (AvgIpc) is 2.83. The molecule has 12 heteroatoms. The SMILES string of the molecule is CNN(C)c1cc(-c2cnc(OCCC3CCN(CC(C)(C)O)CC3)c(C(F)(F)F)c2)nc(C#N)c1N. The summed E-state index contributed by atoms with van der Waals surface area (Å²) in [6, 6.07) is 4.31. The lowest BCUT2D eigenvalue weighted by Crippen LogP contribution is -2.43. The molecule has 2 aromatic rings. The zero-order valence-corrected chi connectivity index (χ0v) is 21.6. The first-order valence-corrected chi connectivity index (χ1v) is 12.1. The number of alkyl halides is 3. The van der Waals surface area contributed by atoms with E-state index in [1.54, 1.807) is 27.9 Å². The van der Waals surface area contributed by atoms with Crippen LogP contribution in [0.1, 0.15) is 44.4 Å². The quantitative estimate of drug-likeness (QED) is 0.426. The molecular weight excluding hydrogens is 487 g/mol. The smallest absolute Gasteiger partial charge is 0.421 e. The van der Waals surface area contributed by atoms with Gasteiger partial charge in [0.05, 0.1) is 29.3 Å². The van der Waals surface area contributed by atoms with Gasteiger partial charge in [0.15, 0.2) is 5.69 Å². The average molecular weight is 522 g/mol. The number of likely N-dealkylation sites (tertiary alicyclic amines) is 1. The number of rotatable bonds is 9. The minimum atomic E-state index is -4.70. The van der Waals surface area contributed by atoms with Crippen molar-refractivity contribution in [2.45, 2.75) is 44.9 Å². The summed E-state index contributed by atoms with van der Waals surface area (Å²) in [5.74, 6) is -0.156. The maximum Gasteiger partial charge on any atom is 0.421 e. The van der Waals surface area contributed by atoms with E-state index in [1.807, 2.05) is 6.07 Å². The zero-order chi connectivity index (χ0) is 27.4. The van der Waals surface area contributed by atoms with Crippen molar-refractivity contribution in [2.75, 3.05) is 51.1 Å². The van der Waals surface area contributed by atoms with E-state index in [9.17, 15) is 23.5 Å². The molecule has 0 unspecified atom stereocenters. The Hall–Kier alpha value is -3.14. The molecule has 202 valence electrons.